The number of nitrogens with zero attached hydrogens (tertiary/aromatic N) is 1. The Labute approximate surface area is 154 Å². The molecule has 0 radical (unpaired) electrons. The fourth-order valence-corrected chi connectivity index (χ4v) is 3.57. The van der Waals surface area contributed by atoms with Gasteiger partial charge in [-0.1, -0.05) is 36.9 Å². The van der Waals surface area contributed by atoms with Crippen LogP contribution in [0.1, 0.15) is 25.3 Å². The maximum Gasteiger partial charge on any atom is 0.238 e. The van der Waals surface area contributed by atoms with Gasteiger partial charge in [-0.25, -0.2) is 5.84 Å². The summed E-state index contributed by atoms with van der Waals surface area (Å²) in [5, 5.41) is 2.38. The Bertz CT molecular complexity index is 803. The third-order valence-corrected chi connectivity index (χ3v) is 4.87. The molecule has 1 saturated heterocycles. The molecule has 5 nitrogen and oxygen atoms in total. The van der Waals surface area contributed by atoms with Crippen LogP contribution in [0.4, 0.5) is 0 Å². The van der Waals surface area contributed by atoms with Crippen molar-refractivity contribution in [1.82, 2.24) is 10.3 Å². The van der Waals surface area contributed by atoms with Crippen molar-refractivity contribution >= 4 is 16.7 Å². The Morgan fingerprint density at radius 3 is 2.92 bits per heavy atom. The summed E-state index contributed by atoms with van der Waals surface area (Å²) in [6.07, 6.45) is 1.87. The number of hydrogen-bond donors (Lipinski definition) is 2. The van der Waals surface area contributed by atoms with Crippen LogP contribution >= 0.6 is 0 Å². The average Bonchev–Trinajstić information content (AvgIpc) is 2.66. The lowest BCUT2D eigenvalue weighted by molar-refractivity contribution is -0.126. The van der Waals surface area contributed by atoms with E-state index in [1.54, 1.807) is 0 Å². The molecule has 1 fully saturated rings. The van der Waals surface area contributed by atoms with Crippen LogP contribution in [-0.4, -0.2) is 30.5 Å². The second-order valence-electron chi connectivity index (χ2n) is 7.09. The van der Waals surface area contributed by atoms with Crippen molar-refractivity contribution in [3.05, 3.63) is 54.1 Å². The number of rotatable bonds is 6. The monoisotopic (exact) mass is 353 g/mol. The molecule has 1 heterocycles. The summed E-state index contributed by atoms with van der Waals surface area (Å²) in [6, 6.07) is 12.5. The van der Waals surface area contributed by atoms with Crippen LogP contribution in [0.3, 0.4) is 0 Å². The Balaban J connectivity index is 1.88. The smallest absolute Gasteiger partial charge is 0.238 e. The Morgan fingerprint density at radius 1 is 1.35 bits per heavy atom. The number of carbonyl (C=O) groups excluding carboxylic acids is 1. The Hall–Kier alpha value is -2.37. The van der Waals surface area contributed by atoms with E-state index >= 15 is 0 Å². The van der Waals surface area contributed by atoms with Crippen LogP contribution in [0.2, 0.25) is 0 Å². The first-order valence-corrected chi connectivity index (χ1v) is 9.09. The van der Waals surface area contributed by atoms with E-state index in [0.717, 1.165) is 42.8 Å². The van der Waals surface area contributed by atoms with E-state index in [-0.39, 0.29) is 11.8 Å². The summed E-state index contributed by atoms with van der Waals surface area (Å²) >= 11 is 0. The van der Waals surface area contributed by atoms with Gasteiger partial charge in [-0.05, 0) is 48.7 Å². The summed E-state index contributed by atoms with van der Waals surface area (Å²) < 4.78 is 6.02. The summed E-state index contributed by atoms with van der Waals surface area (Å²) in [5.74, 6) is 6.08. The maximum atomic E-state index is 11.9. The number of benzene rings is 2. The van der Waals surface area contributed by atoms with Crippen molar-refractivity contribution in [2.45, 2.75) is 26.3 Å². The van der Waals surface area contributed by atoms with Crippen LogP contribution in [0.15, 0.2) is 48.6 Å². The molecule has 1 amide bonds. The van der Waals surface area contributed by atoms with Gasteiger partial charge < -0.3 is 4.74 Å². The van der Waals surface area contributed by atoms with Gasteiger partial charge in [0.05, 0.1) is 5.92 Å². The molecule has 2 aromatic carbocycles. The van der Waals surface area contributed by atoms with Gasteiger partial charge in [0.15, 0.2) is 0 Å². The van der Waals surface area contributed by atoms with Gasteiger partial charge in [0.25, 0.3) is 0 Å². The normalized spacial score (nSPS) is 17.8. The third kappa shape index (κ3) is 4.23. The van der Waals surface area contributed by atoms with Gasteiger partial charge in [-0.3, -0.25) is 15.1 Å². The number of hydrogen-bond acceptors (Lipinski definition) is 4. The molecule has 0 bridgehead atoms. The minimum absolute atomic E-state index is 0.0523. The van der Waals surface area contributed by atoms with E-state index in [0.29, 0.717) is 13.2 Å². The molecule has 0 spiro atoms. The summed E-state index contributed by atoms with van der Waals surface area (Å²) in [7, 11) is 0. The number of carbonyl (C=O) groups is 1. The zero-order chi connectivity index (χ0) is 18.5. The molecule has 3 rings (SSSR count). The molecule has 3 N–H and O–H groups in total. The fraction of sp³-hybridized carbons (Fsp3) is 0.381. The first-order chi connectivity index (χ1) is 12.6. The van der Waals surface area contributed by atoms with Gasteiger partial charge in [-0.2, -0.15) is 0 Å². The van der Waals surface area contributed by atoms with E-state index in [4.69, 9.17) is 10.6 Å². The predicted molar refractivity (Wildman–Crippen MR) is 105 cm³/mol. The summed E-state index contributed by atoms with van der Waals surface area (Å²) in [5.41, 5.74) is 4.45. The summed E-state index contributed by atoms with van der Waals surface area (Å²) in [4.78, 5) is 14.2. The van der Waals surface area contributed by atoms with Crippen LogP contribution in [0, 0.1) is 5.92 Å². The zero-order valence-electron chi connectivity index (χ0n) is 15.3. The molecule has 1 unspecified atom stereocenters. The van der Waals surface area contributed by atoms with Crippen molar-refractivity contribution in [2.75, 3.05) is 19.7 Å². The first-order valence-electron chi connectivity index (χ1n) is 9.09. The van der Waals surface area contributed by atoms with Crippen molar-refractivity contribution in [3.63, 3.8) is 0 Å². The van der Waals surface area contributed by atoms with Crippen molar-refractivity contribution in [1.29, 1.82) is 0 Å². The van der Waals surface area contributed by atoms with Crippen LogP contribution in [0.25, 0.3) is 10.8 Å². The van der Waals surface area contributed by atoms with Crippen LogP contribution in [-0.2, 0) is 11.3 Å². The number of likely N-dealkylation sites (tertiary alicyclic amines) is 1. The molecular formula is C21H27N3O2. The number of ether oxygens (including phenoxy) is 1. The third-order valence-electron chi connectivity index (χ3n) is 4.87. The molecule has 1 aliphatic rings. The largest absolute Gasteiger partial charge is 0.489 e. The Morgan fingerprint density at radius 2 is 2.15 bits per heavy atom. The van der Waals surface area contributed by atoms with Gasteiger partial charge in [0, 0.05) is 18.7 Å². The average molecular weight is 353 g/mol. The van der Waals surface area contributed by atoms with Gasteiger partial charge in [0.1, 0.15) is 12.4 Å². The number of nitrogens with one attached hydrogen (secondary N) is 1. The fourth-order valence-electron chi connectivity index (χ4n) is 3.57. The molecule has 1 aliphatic heterocycles. The molecule has 26 heavy (non-hydrogen) atoms. The molecule has 2 aromatic rings. The minimum atomic E-state index is -0.0774. The highest BCUT2D eigenvalue weighted by Gasteiger charge is 2.26. The molecule has 5 heteroatoms. The molecule has 0 aromatic heterocycles. The van der Waals surface area contributed by atoms with Gasteiger partial charge >= 0.3 is 0 Å². The minimum Gasteiger partial charge on any atom is -0.489 e. The number of fused-ring (bicyclic) bond motifs is 1. The van der Waals surface area contributed by atoms with Crippen LogP contribution in [0.5, 0.6) is 5.75 Å². The van der Waals surface area contributed by atoms with Crippen LogP contribution < -0.4 is 16.0 Å². The highest BCUT2D eigenvalue weighted by molar-refractivity contribution is 5.87. The molecule has 0 saturated carbocycles. The lowest BCUT2D eigenvalue weighted by Gasteiger charge is -2.32. The van der Waals surface area contributed by atoms with Crippen molar-refractivity contribution in [2.24, 2.45) is 11.8 Å². The topological polar surface area (TPSA) is 67.6 Å². The van der Waals surface area contributed by atoms with Crippen molar-refractivity contribution < 1.29 is 9.53 Å². The highest BCUT2D eigenvalue weighted by Crippen LogP contribution is 2.31. The van der Waals surface area contributed by atoms with Gasteiger partial charge in [-0.15, -0.1) is 0 Å². The zero-order valence-corrected chi connectivity index (χ0v) is 15.3. The van der Waals surface area contributed by atoms with E-state index in [1.165, 1.54) is 10.8 Å². The predicted octanol–water partition coefficient (Wildman–Crippen LogP) is 3.00. The number of amides is 1. The lowest BCUT2D eigenvalue weighted by atomic mass is 9.96. The number of nitrogens with two attached hydrogens (primary N) is 1. The lowest BCUT2D eigenvalue weighted by Crippen LogP contribution is -2.44. The quantitative estimate of drug-likeness (QED) is 0.363. The van der Waals surface area contributed by atoms with E-state index in [2.05, 4.69) is 41.2 Å². The maximum absolute atomic E-state index is 11.9. The first kappa shape index (κ1) is 18.4. The molecule has 1 atom stereocenters. The Kier molecular flexibility index (Phi) is 5.91. The SMILES string of the molecule is C=C(C)COc1ccc2ccccc2c1CN1CCCC(C(=O)NN)C1. The standard InChI is InChI=1S/C21H27N3O2/c1-15(2)14-26-20-10-9-16-6-3-4-8-18(16)19(20)13-24-11-5-7-17(12-24)21(25)23-22/h3-4,6,8-10,17H,1,5,7,11-14,22H2,2H3,(H,23,25). The van der Waals surface area contributed by atoms with E-state index in [9.17, 15) is 4.79 Å². The second kappa shape index (κ2) is 8.34. The molecular weight excluding hydrogens is 326 g/mol. The van der Waals surface area contributed by atoms with Gasteiger partial charge in [0.2, 0.25) is 5.91 Å². The van der Waals surface area contributed by atoms with Crippen molar-refractivity contribution in [3.8, 4) is 5.75 Å². The highest BCUT2D eigenvalue weighted by atomic mass is 16.5. The number of piperidine rings is 1. The molecule has 138 valence electrons. The van der Waals surface area contributed by atoms with E-state index < -0.39 is 0 Å². The molecule has 0 aliphatic carbocycles. The summed E-state index contributed by atoms with van der Waals surface area (Å²) in [6.45, 7) is 8.82. The van der Waals surface area contributed by atoms with E-state index in [1.807, 2.05) is 19.1 Å². The number of hydrazine groups is 1. The second-order valence-corrected chi connectivity index (χ2v) is 7.09.